The molecule has 6 nitrogen and oxygen atoms in total. The van der Waals surface area contributed by atoms with Crippen molar-refractivity contribution in [1.82, 2.24) is 14.2 Å². The van der Waals surface area contributed by atoms with E-state index >= 15 is 0 Å². The van der Waals surface area contributed by atoms with E-state index in [-0.39, 0.29) is 16.7 Å². The minimum absolute atomic E-state index is 0.00136. The van der Waals surface area contributed by atoms with Crippen LogP contribution >= 0.6 is 23.3 Å². The van der Waals surface area contributed by atoms with Crippen LogP contribution in [-0.4, -0.2) is 64.5 Å². The third-order valence-corrected chi connectivity index (χ3v) is 9.50. The second-order valence-corrected chi connectivity index (χ2v) is 12.3. The number of unbranched alkanes of at least 4 members (excludes halogenated alkanes) is 1. The summed E-state index contributed by atoms with van der Waals surface area (Å²) in [6, 6.07) is 3.59. The lowest BCUT2D eigenvalue weighted by Gasteiger charge is -2.33. The van der Waals surface area contributed by atoms with Gasteiger partial charge in [0.25, 0.3) is 0 Å². The molecular formula is C29H45F2N5OS2. The fourth-order valence-corrected chi connectivity index (χ4v) is 7.15. The van der Waals surface area contributed by atoms with Gasteiger partial charge in [-0.15, -0.1) is 0 Å². The highest BCUT2D eigenvalue weighted by Crippen LogP contribution is 2.31. The Balaban J connectivity index is 0.00000205. The number of aromatic nitrogens is 1. The van der Waals surface area contributed by atoms with Crippen LogP contribution in [0.1, 0.15) is 87.4 Å². The van der Waals surface area contributed by atoms with E-state index in [1.165, 1.54) is 64.2 Å². The summed E-state index contributed by atoms with van der Waals surface area (Å²) in [5, 5.41) is 3.89. The van der Waals surface area contributed by atoms with Gasteiger partial charge in [-0.1, -0.05) is 63.0 Å². The van der Waals surface area contributed by atoms with Crippen molar-refractivity contribution >= 4 is 40.0 Å². The number of thiazole rings is 1. The van der Waals surface area contributed by atoms with Crippen LogP contribution in [0, 0.1) is 17.6 Å². The van der Waals surface area contributed by atoms with Crippen molar-refractivity contribution in [3.05, 3.63) is 40.3 Å². The van der Waals surface area contributed by atoms with E-state index in [1.54, 1.807) is 0 Å². The number of piperidine rings is 2. The summed E-state index contributed by atoms with van der Waals surface area (Å²) in [7, 11) is 0. The number of nitrogens with zero attached hydrogens (tertiary/aromatic N) is 3. The molecule has 39 heavy (non-hydrogen) atoms. The topological polar surface area (TPSA) is 74.5 Å². The van der Waals surface area contributed by atoms with Crippen molar-refractivity contribution < 1.29 is 13.6 Å². The average molecular weight is 582 g/mol. The van der Waals surface area contributed by atoms with E-state index < -0.39 is 23.0 Å². The predicted octanol–water partition coefficient (Wildman–Crippen LogP) is 7.08. The zero-order valence-corrected chi connectivity index (χ0v) is 25.3. The summed E-state index contributed by atoms with van der Waals surface area (Å²) < 4.78 is 30.6. The average Bonchev–Trinajstić information content (AvgIpc) is 3.31. The smallest absolute Gasteiger partial charge is 0.212 e. The number of ketones is 1. The number of anilines is 2. The van der Waals surface area contributed by atoms with Crippen molar-refractivity contribution in [2.24, 2.45) is 5.92 Å². The van der Waals surface area contributed by atoms with Crippen LogP contribution in [0.5, 0.6) is 0 Å². The van der Waals surface area contributed by atoms with Gasteiger partial charge < -0.3 is 16.0 Å². The molecule has 0 radical (unpaired) electrons. The van der Waals surface area contributed by atoms with Crippen LogP contribution in [0.3, 0.4) is 0 Å². The minimum atomic E-state index is -0.899. The normalized spacial score (nSPS) is 18.9. The molecule has 1 aromatic heterocycles. The van der Waals surface area contributed by atoms with Gasteiger partial charge in [-0.05, 0) is 69.7 Å². The molecule has 0 bridgehead atoms. The fourth-order valence-electron chi connectivity index (χ4n) is 5.25. The molecule has 3 heterocycles. The number of nitrogens with two attached hydrogens (primary N) is 1. The Morgan fingerprint density at radius 3 is 2.56 bits per heavy atom. The van der Waals surface area contributed by atoms with Crippen LogP contribution in [0.2, 0.25) is 0 Å². The summed E-state index contributed by atoms with van der Waals surface area (Å²) in [6.07, 6.45) is 9.95. The molecule has 2 saturated heterocycles. The highest BCUT2D eigenvalue weighted by molar-refractivity contribution is 7.97. The second kappa shape index (κ2) is 16.5. The number of halogens is 2. The van der Waals surface area contributed by atoms with E-state index in [4.69, 9.17) is 5.73 Å². The molecule has 218 valence electrons. The molecule has 3 N–H and O–H groups in total. The lowest BCUT2D eigenvalue weighted by atomic mass is 9.93. The number of benzene rings is 1. The SMILES string of the molecule is CC.CCCCC1CCCN(CCCSN2CCC(Nc3nc(N)c(C(=O)c4c(F)cccc4F)s3)CC2)C1. The molecule has 1 unspecified atom stereocenters. The zero-order valence-electron chi connectivity index (χ0n) is 23.7. The molecule has 0 saturated carbocycles. The van der Waals surface area contributed by atoms with Crippen molar-refractivity contribution in [3.63, 3.8) is 0 Å². The maximum absolute atomic E-state index is 14.1. The predicted molar refractivity (Wildman–Crippen MR) is 162 cm³/mol. The second-order valence-electron chi connectivity index (χ2n) is 10.1. The number of hydrogen-bond acceptors (Lipinski definition) is 8. The quantitative estimate of drug-likeness (QED) is 0.158. The number of nitrogens with one attached hydrogen (secondary N) is 1. The summed E-state index contributed by atoms with van der Waals surface area (Å²) in [4.78, 5) is 19.7. The number of carbonyl (C=O) groups is 1. The number of likely N-dealkylation sites (tertiary alicyclic amines) is 1. The minimum Gasteiger partial charge on any atom is -0.382 e. The Bertz CT molecular complexity index is 1010. The number of nitrogen functional groups attached to an aromatic ring is 1. The van der Waals surface area contributed by atoms with Gasteiger partial charge in [-0.25, -0.2) is 13.8 Å². The fraction of sp³-hybridized carbons (Fsp3) is 0.655. The summed E-state index contributed by atoms with van der Waals surface area (Å²) >= 11 is 3.01. The maximum Gasteiger partial charge on any atom is 0.212 e. The van der Waals surface area contributed by atoms with Crippen LogP contribution in [0.25, 0.3) is 0 Å². The van der Waals surface area contributed by atoms with E-state index in [0.29, 0.717) is 5.13 Å². The molecule has 0 spiro atoms. The van der Waals surface area contributed by atoms with E-state index in [1.807, 2.05) is 25.8 Å². The summed E-state index contributed by atoms with van der Waals surface area (Å²) in [6.45, 7) is 12.0. The Labute approximate surface area is 241 Å². The Morgan fingerprint density at radius 1 is 1.15 bits per heavy atom. The van der Waals surface area contributed by atoms with Gasteiger partial charge in [0, 0.05) is 31.4 Å². The monoisotopic (exact) mass is 581 g/mol. The van der Waals surface area contributed by atoms with Crippen LogP contribution < -0.4 is 11.1 Å². The van der Waals surface area contributed by atoms with E-state index in [9.17, 15) is 13.6 Å². The molecule has 0 aliphatic carbocycles. The molecule has 1 aromatic carbocycles. The Hall–Kier alpha value is -1.75. The lowest BCUT2D eigenvalue weighted by Crippen LogP contribution is -2.37. The van der Waals surface area contributed by atoms with Crippen molar-refractivity contribution in [1.29, 1.82) is 0 Å². The first-order chi connectivity index (χ1) is 18.9. The largest absolute Gasteiger partial charge is 0.382 e. The van der Waals surface area contributed by atoms with Crippen LogP contribution in [-0.2, 0) is 0 Å². The zero-order chi connectivity index (χ0) is 28.2. The number of carbonyl (C=O) groups excluding carboxylic acids is 1. The first kappa shape index (κ1) is 31.8. The van der Waals surface area contributed by atoms with E-state index in [0.717, 1.165) is 61.1 Å². The molecule has 2 aliphatic rings. The van der Waals surface area contributed by atoms with Gasteiger partial charge in [-0.3, -0.25) is 9.10 Å². The molecule has 2 aromatic rings. The van der Waals surface area contributed by atoms with Gasteiger partial charge in [-0.2, -0.15) is 0 Å². The van der Waals surface area contributed by atoms with Crippen molar-refractivity contribution in [2.75, 3.05) is 49.5 Å². The molecule has 2 aliphatic heterocycles. The molecule has 2 fully saturated rings. The van der Waals surface area contributed by atoms with Crippen LogP contribution in [0.4, 0.5) is 19.7 Å². The Morgan fingerprint density at radius 2 is 1.87 bits per heavy atom. The highest BCUT2D eigenvalue weighted by atomic mass is 32.2. The standard InChI is InChI=1S/C27H39F2N5OS2.C2H6/c1-2-3-7-19-8-5-13-33(18-19)14-6-17-36-34-15-11-20(12-16-34)31-27-32-26(30)25(37-27)24(35)23-21(28)9-4-10-22(23)29;1-2/h4,9-10,19-20H,2-3,5-8,11-18,30H2,1H3,(H,31,32);1-2H3. The van der Waals surface area contributed by atoms with Crippen molar-refractivity contribution in [2.45, 2.75) is 78.2 Å². The number of hydrogen-bond donors (Lipinski definition) is 2. The van der Waals surface area contributed by atoms with E-state index in [2.05, 4.69) is 26.4 Å². The first-order valence-corrected chi connectivity index (χ1v) is 16.3. The molecule has 4 rings (SSSR count). The molecular weight excluding hydrogens is 536 g/mol. The maximum atomic E-state index is 14.1. The Kier molecular flexibility index (Phi) is 13.4. The van der Waals surface area contributed by atoms with Gasteiger partial charge in [0.1, 0.15) is 22.3 Å². The van der Waals surface area contributed by atoms with Crippen molar-refractivity contribution in [3.8, 4) is 0 Å². The van der Waals surface area contributed by atoms with Gasteiger partial charge in [0.2, 0.25) is 5.78 Å². The van der Waals surface area contributed by atoms with Gasteiger partial charge in [0.15, 0.2) is 5.13 Å². The molecule has 10 heteroatoms. The molecule has 0 amide bonds. The van der Waals surface area contributed by atoms with Gasteiger partial charge in [0.05, 0.1) is 5.56 Å². The third-order valence-electron chi connectivity index (χ3n) is 7.29. The molecule has 1 atom stereocenters. The first-order valence-electron chi connectivity index (χ1n) is 14.6. The number of rotatable bonds is 12. The van der Waals surface area contributed by atoms with Gasteiger partial charge >= 0.3 is 0 Å². The summed E-state index contributed by atoms with van der Waals surface area (Å²) in [5.74, 6) is -0.524. The lowest BCUT2D eigenvalue weighted by molar-refractivity contribution is 0.103. The van der Waals surface area contributed by atoms with Crippen LogP contribution in [0.15, 0.2) is 18.2 Å². The third kappa shape index (κ3) is 9.40. The highest BCUT2D eigenvalue weighted by Gasteiger charge is 2.26. The summed E-state index contributed by atoms with van der Waals surface area (Å²) in [5.41, 5.74) is 5.34.